The van der Waals surface area contributed by atoms with Crippen LogP contribution in [0.4, 0.5) is 0 Å². The van der Waals surface area contributed by atoms with Crippen LogP contribution >= 0.6 is 35.6 Å². The van der Waals surface area contributed by atoms with Gasteiger partial charge in [0.15, 0.2) is 5.96 Å². The Labute approximate surface area is 165 Å². The van der Waals surface area contributed by atoms with Gasteiger partial charge in [0, 0.05) is 39.6 Å². The molecule has 0 radical (unpaired) electrons. The van der Waals surface area contributed by atoms with Crippen molar-refractivity contribution < 1.29 is 0 Å². The van der Waals surface area contributed by atoms with Gasteiger partial charge in [-0.2, -0.15) is 5.26 Å². The zero-order valence-corrected chi connectivity index (χ0v) is 17.0. The van der Waals surface area contributed by atoms with E-state index in [1.165, 1.54) is 0 Å². The van der Waals surface area contributed by atoms with Gasteiger partial charge in [0.1, 0.15) is 0 Å². The highest BCUT2D eigenvalue weighted by Gasteiger charge is 2.09. The standard InChI is InChI=1S/C17H20ClN5.HI/c1-20-17(21-10-14-6-4-5-13(7-14)9-19)23(3)12-16-8-15(18)11-22(16)2;/h4-8,11H,10,12H2,1-3H3,(H,20,21);1H. The van der Waals surface area contributed by atoms with E-state index in [9.17, 15) is 0 Å². The summed E-state index contributed by atoms with van der Waals surface area (Å²) in [6.45, 7) is 1.31. The molecular formula is C17H21ClIN5. The number of halogens is 2. The van der Waals surface area contributed by atoms with Crippen LogP contribution in [-0.2, 0) is 20.1 Å². The van der Waals surface area contributed by atoms with E-state index in [1.807, 2.05) is 54.0 Å². The van der Waals surface area contributed by atoms with Crippen molar-refractivity contribution in [1.29, 1.82) is 5.26 Å². The van der Waals surface area contributed by atoms with Crippen LogP contribution < -0.4 is 5.32 Å². The molecule has 0 aliphatic heterocycles. The zero-order chi connectivity index (χ0) is 16.8. The molecule has 0 aliphatic carbocycles. The molecule has 5 nitrogen and oxygen atoms in total. The van der Waals surface area contributed by atoms with Gasteiger partial charge in [0.05, 0.1) is 23.2 Å². The smallest absolute Gasteiger partial charge is 0.194 e. The maximum atomic E-state index is 8.95. The van der Waals surface area contributed by atoms with Gasteiger partial charge in [-0.15, -0.1) is 24.0 Å². The van der Waals surface area contributed by atoms with Gasteiger partial charge in [-0.1, -0.05) is 23.7 Å². The van der Waals surface area contributed by atoms with Crippen LogP contribution in [-0.4, -0.2) is 29.5 Å². The number of rotatable bonds is 4. The second-order valence-electron chi connectivity index (χ2n) is 5.33. The van der Waals surface area contributed by atoms with E-state index in [1.54, 1.807) is 13.1 Å². The van der Waals surface area contributed by atoms with E-state index in [0.717, 1.165) is 22.2 Å². The van der Waals surface area contributed by atoms with Gasteiger partial charge in [-0.25, -0.2) is 0 Å². The molecule has 0 unspecified atom stereocenters. The van der Waals surface area contributed by atoms with Crippen LogP contribution in [0, 0.1) is 11.3 Å². The average molecular weight is 458 g/mol. The third-order valence-corrected chi connectivity index (χ3v) is 3.76. The van der Waals surface area contributed by atoms with Gasteiger partial charge >= 0.3 is 0 Å². The molecule has 1 aromatic heterocycles. The molecule has 0 amide bonds. The third-order valence-electron chi connectivity index (χ3n) is 3.55. The molecule has 2 aromatic rings. The highest BCUT2D eigenvalue weighted by Crippen LogP contribution is 2.14. The maximum Gasteiger partial charge on any atom is 0.194 e. The minimum absolute atomic E-state index is 0. The number of nitrogens with one attached hydrogen (secondary N) is 1. The second kappa shape index (κ2) is 9.55. The minimum atomic E-state index is 0. The Morgan fingerprint density at radius 1 is 1.42 bits per heavy atom. The van der Waals surface area contributed by atoms with E-state index in [0.29, 0.717) is 18.7 Å². The van der Waals surface area contributed by atoms with Crippen molar-refractivity contribution in [3.63, 3.8) is 0 Å². The van der Waals surface area contributed by atoms with Gasteiger partial charge in [-0.05, 0) is 23.8 Å². The average Bonchev–Trinajstić information content (AvgIpc) is 2.85. The van der Waals surface area contributed by atoms with Crippen molar-refractivity contribution in [2.24, 2.45) is 12.0 Å². The van der Waals surface area contributed by atoms with E-state index in [2.05, 4.69) is 16.4 Å². The fourth-order valence-electron chi connectivity index (χ4n) is 2.36. The summed E-state index contributed by atoms with van der Waals surface area (Å²) in [4.78, 5) is 6.33. The molecule has 2 rings (SSSR count). The molecule has 128 valence electrons. The fraction of sp³-hybridized carbons (Fsp3) is 0.294. The Hall–Kier alpha value is -1.72. The zero-order valence-electron chi connectivity index (χ0n) is 14.0. The van der Waals surface area contributed by atoms with E-state index in [-0.39, 0.29) is 24.0 Å². The Morgan fingerprint density at radius 2 is 2.17 bits per heavy atom. The lowest BCUT2D eigenvalue weighted by atomic mass is 10.1. The topological polar surface area (TPSA) is 56.4 Å². The molecule has 0 saturated carbocycles. The lowest BCUT2D eigenvalue weighted by molar-refractivity contribution is 0.461. The monoisotopic (exact) mass is 457 g/mol. The van der Waals surface area contributed by atoms with Crippen molar-refractivity contribution in [3.8, 4) is 6.07 Å². The molecule has 1 N–H and O–H groups in total. The number of benzene rings is 1. The van der Waals surface area contributed by atoms with Crippen LogP contribution in [0.3, 0.4) is 0 Å². The molecule has 24 heavy (non-hydrogen) atoms. The highest BCUT2D eigenvalue weighted by molar-refractivity contribution is 14.0. The van der Waals surface area contributed by atoms with Gasteiger partial charge < -0.3 is 14.8 Å². The lowest BCUT2D eigenvalue weighted by Crippen LogP contribution is -2.38. The largest absolute Gasteiger partial charge is 0.352 e. The molecule has 0 spiro atoms. The fourth-order valence-corrected chi connectivity index (χ4v) is 2.63. The molecule has 0 fully saturated rings. The number of aromatic nitrogens is 1. The van der Waals surface area contributed by atoms with Gasteiger partial charge in [0.2, 0.25) is 0 Å². The summed E-state index contributed by atoms with van der Waals surface area (Å²) >= 11 is 6.02. The van der Waals surface area contributed by atoms with Crippen molar-refractivity contribution in [1.82, 2.24) is 14.8 Å². The van der Waals surface area contributed by atoms with Gasteiger partial charge in [-0.3, -0.25) is 4.99 Å². The summed E-state index contributed by atoms with van der Waals surface area (Å²) in [6.07, 6.45) is 1.88. The predicted octanol–water partition coefficient (Wildman–Crippen LogP) is 3.38. The van der Waals surface area contributed by atoms with E-state index >= 15 is 0 Å². The molecule has 0 atom stereocenters. The highest BCUT2D eigenvalue weighted by atomic mass is 127. The molecule has 0 aliphatic rings. The van der Waals surface area contributed by atoms with Crippen molar-refractivity contribution in [2.45, 2.75) is 13.1 Å². The summed E-state index contributed by atoms with van der Waals surface area (Å²) in [6, 6.07) is 11.6. The van der Waals surface area contributed by atoms with Gasteiger partial charge in [0.25, 0.3) is 0 Å². The third kappa shape index (κ3) is 5.42. The molecule has 1 aromatic carbocycles. The molecule has 0 bridgehead atoms. The Balaban J connectivity index is 0.00000288. The maximum absolute atomic E-state index is 8.95. The number of guanidine groups is 1. The van der Waals surface area contributed by atoms with Crippen molar-refractivity contribution in [3.05, 3.63) is 58.4 Å². The number of hydrogen-bond donors (Lipinski definition) is 1. The summed E-state index contributed by atoms with van der Waals surface area (Å²) in [5.41, 5.74) is 2.80. The number of nitrogens with zero attached hydrogens (tertiary/aromatic N) is 4. The molecule has 7 heteroatoms. The Bertz CT molecular complexity index is 748. The molecule has 1 heterocycles. The van der Waals surface area contributed by atoms with Crippen LogP contribution in [0.15, 0.2) is 41.5 Å². The van der Waals surface area contributed by atoms with Crippen molar-refractivity contribution in [2.75, 3.05) is 14.1 Å². The predicted molar refractivity (Wildman–Crippen MR) is 109 cm³/mol. The van der Waals surface area contributed by atoms with Crippen LogP contribution in [0.1, 0.15) is 16.8 Å². The Morgan fingerprint density at radius 3 is 2.75 bits per heavy atom. The normalized spacial score (nSPS) is 10.7. The first kappa shape index (κ1) is 20.3. The minimum Gasteiger partial charge on any atom is -0.352 e. The first-order chi connectivity index (χ1) is 11.0. The first-order valence-corrected chi connectivity index (χ1v) is 7.63. The van der Waals surface area contributed by atoms with Crippen molar-refractivity contribution >= 4 is 41.5 Å². The quantitative estimate of drug-likeness (QED) is 0.435. The number of aryl methyl sites for hydroxylation is 1. The SMILES string of the molecule is CN=C(NCc1cccc(C#N)c1)N(C)Cc1cc(Cl)cn1C.I. The number of hydrogen-bond acceptors (Lipinski definition) is 2. The van der Waals surface area contributed by atoms with Crippen LogP contribution in [0.2, 0.25) is 5.02 Å². The lowest BCUT2D eigenvalue weighted by Gasteiger charge is -2.22. The summed E-state index contributed by atoms with van der Waals surface area (Å²) in [5, 5.41) is 13.0. The Kier molecular flexibility index (Phi) is 8.08. The second-order valence-corrected chi connectivity index (χ2v) is 5.77. The molecular weight excluding hydrogens is 437 g/mol. The first-order valence-electron chi connectivity index (χ1n) is 7.25. The number of nitriles is 1. The van der Waals surface area contributed by atoms with Crippen LogP contribution in [0.25, 0.3) is 0 Å². The number of aliphatic imine (C=N–C) groups is 1. The molecule has 0 saturated heterocycles. The van der Waals surface area contributed by atoms with Crippen LogP contribution in [0.5, 0.6) is 0 Å². The summed E-state index contributed by atoms with van der Waals surface area (Å²) in [5.74, 6) is 0.782. The summed E-state index contributed by atoms with van der Waals surface area (Å²) < 4.78 is 2.00. The van der Waals surface area contributed by atoms with E-state index in [4.69, 9.17) is 16.9 Å². The van der Waals surface area contributed by atoms with E-state index < -0.39 is 0 Å². The summed E-state index contributed by atoms with van der Waals surface area (Å²) in [7, 11) is 5.70.